The van der Waals surface area contributed by atoms with Crippen LogP contribution in [0.5, 0.6) is 0 Å². The fourth-order valence-corrected chi connectivity index (χ4v) is 2.26. The van der Waals surface area contributed by atoms with E-state index in [9.17, 15) is 14.3 Å². The van der Waals surface area contributed by atoms with E-state index in [0.29, 0.717) is 16.8 Å². The summed E-state index contributed by atoms with van der Waals surface area (Å²) in [6.45, 7) is 6.19. The standard InChI is InChI=1S/C17H22FN5O2/c1-10(2)22-15-12(16(24)20-8-14(18)17(3,4)25)7-21-23-9-11(6-19)5-13(15)23/h5,7,9-10,14,22,25H,8H2,1-4H3,(H,20,24)/t14-/m1/s1. The Morgan fingerprint density at radius 1 is 1.52 bits per heavy atom. The second-order valence-electron chi connectivity index (χ2n) is 6.73. The molecule has 0 aliphatic carbocycles. The largest absolute Gasteiger partial charge is 0.387 e. The van der Waals surface area contributed by atoms with Crippen LogP contribution in [-0.4, -0.2) is 45.0 Å². The van der Waals surface area contributed by atoms with Gasteiger partial charge in [-0.05, 0) is 33.8 Å². The first kappa shape index (κ1) is 18.7. The van der Waals surface area contributed by atoms with Gasteiger partial charge >= 0.3 is 0 Å². The van der Waals surface area contributed by atoms with Crippen molar-refractivity contribution >= 4 is 17.1 Å². The van der Waals surface area contributed by atoms with E-state index >= 15 is 0 Å². The van der Waals surface area contributed by atoms with Crippen LogP contribution in [0.2, 0.25) is 0 Å². The third-order valence-electron chi connectivity index (χ3n) is 3.65. The minimum absolute atomic E-state index is 0.0310. The highest BCUT2D eigenvalue weighted by Gasteiger charge is 2.27. The fraction of sp³-hybridized carbons (Fsp3) is 0.471. The summed E-state index contributed by atoms with van der Waals surface area (Å²) >= 11 is 0. The Kier molecular flexibility index (Phi) is 5.28. The van der Waals surface area contributed by atoms with E-state index in [4.69, 9.17) is 5.26 Å². The van der Waals surface area contributed by atoms with Crippen LogP contribution >= 0.6 is 0 Å². The van der Waals surface area contributed by atoms with Gasteiger partial charge in [0.25, 0.3) is 5.91 Å². The molecule has 0 radical (unpaired) electrons. The van der Waals surface area contributed by atoms with Crippen molar-refractivity contribution in [2.24, 2.45) is 0 Å². The highest BCUT2D eigenvalue weighted by molar-refractivity contribution is 6.03. The van der Waals surface area contributed by atoms with Gasteiger partial charge in [0.1, 0.15) is 12.2 Å². The Morgan fingerprint density at radius 2 is 2.20 bits per heavy atom. The van der Waals surface area contributed by atoms with Crippen LogP contribution in [0, 0.1) is 11.3 Å². The van der Waals surface area contributed by atoms with E-state index in [1.807, 2.05) is 19.9 Å². The second-order valence-corrected chi connectivity index (χ2v) is 6.73. The van der Waals surface area contributed by atoms with E-state index < -0.39 is 17.7 Å². The molecule has 7 nitrogen and oxygen atoms in total. The number of hydrogen-bond donors (Lipinski definition) is 3. The van der Waals surface area contributed by atoms with Gasteiger partial charge in [-0.1, -0.05) is 0 Å². The molecule has 0 fully saturated rings. The average molecular weight is 347 g/mol. The molecule has 0 aliphatic rings. The molecular weight excluding hydrogens is 325 g/mol. The number of aromatic nitrogens is 2. The van der Waals surface area contributed by atoms with Gasteiger partial charge in [-0.15, -0.1) is 0 Å². The molecule has 2 rings (SSSR count). The van der Waals surface area contributed by atoms with Crippen LogP contribution in [0.3, 0.4) is 0 Å². The van der Waals surface area contributed by atoms with Gasteiger partial charge in [0, 0.05) is 12.2 Å². The molecule has 2 aromatic rings. The first-order chi connectivity index (χ1) is 11.6. The molecule has 0 aromatic carbocycles. The lowest BCUT2D eigenvalue weighted by molar-refractivity contribution is -0.00177. The number of rotatable bonds is 6. The number of fused-ring (bicyclic) bond motifs is 1. The Morgan fingerprint density at radius 3 is 2.76 bits per heavy atom. The summed E-state index contributed by atoms with van der Waals surface area (Å²) in [6, 6.07) is 3.70. The molecule has 0 unspecified atom stereocenters. The number of halogens is 1. The van der Waals surface area contributed by atoms with Crippen molar-refractivity contribution in [2.75, 3.05) is 11.9 Å². The molecule has 0 saturated heterocycles. The van der Waals surface area contributed by atoms with E-state index in [1.165, 1.54) is 24.6 Å². The molecule has 1 amide bonds. The van der Waals surface area contributed by atoms with Crippen LogP contribution in [0.1, 0.15) is 43.6 Å². The Hall–Kier alpha value is -2.66. The van der Waals surface area contributed by atoms with E-state index in [2.05, 4.69) is 15.7 Å². The van der Waals surface area contributed by atoms with Crippen molar-refractivity contribution in [1.82, 2.24) is 14.9 Å². The van der Waals surface area contributed by atoms with Crippen molar-refractivity contribution < 1.29 is 14.3 Å². The van der Waals surface area contributed by atoms with Crippen LogP contribution < -0.4 is 10.6 Å². The first-order valence-electron chi connectivity index (χ1n) is 7.96. The molecule has 0 aliphatic heterocycles. The molecule has 3 N–H and O–H groups in total. The summed E-state index contributed by atoms with van der Waals surface area (Å²) < 4.78 is 15.4. The summed E-state index contributed by atoms with van der Waals surface area (Å²) in [5.74, 6) is -0.509. The molecule has 2 aromatic heterocycles. The molecule has 0 spiro atoms. The van der Waals surface area contributed by atoms with Crippen molar-refractivity contribution in [3.63, 3.8) is 0 Å². The number of aliphatic hydroxyl groups is 1. The van der Waals surface area contributed by atoms with Crippen LogP contribution in [0.15, 0.2) is 18.5 Å². The van der Waals surface area contributed by atoms with Crippen molar-refractivity contribution in [2.45, 2.75) is 45.5 Å². The molecule has 0 saturated carbocycles. The van der Waals surface area contributed by atoms with Gasteiger partial charge in [-0.2, -0.15) is 10.4 Å². The average Bonchev–Trinajstić information content (AvgIpc) is 2.94. The fourth-order valence-electron chi connectivity index (χ4n) is 2.26. The third-order valence-corrected chi connectivity index (χ3v) is 3.65. The first-order valence-corrected chi connectivity index (χ1v) is 7.96. The Labute approximate surface area is 145 Å². The van der Waals surface area contributed by atoms with Gasteiger partial charge in [0.2, 0.25) is 0 Å². The molecule has 1 atom stereocenters. The van der Waals surface area contributed by atoms with Crippen LogP contribution in [0.25, 0.3) is 5.52 Å². The minimum atomic E-state index is -1.60. The van der Waals surface area contributed by atoms with E-state index in [0.717, 1.165) is 0 Å². The van der Waals surface area contributed by atoms with Gasteiger partial charge in [0.05, 0.1) is 40.7 Å². The number of amides is 1. The smallest absolute Gasteiger partial charge is 0.255 e. The topological polar surface area (TPSA) is 102 Å². The highest BCUT2D eigenvalue weighted by Crippen LogP contribution is 2.24. The maximum Gasteiger partial charge on any atom is 0.255 e. The van der Waals surface area contributed by atoms with E-state index in [-0.39, 0.29) is 18.2 Å². The molecule has 0 bridgehead atoms. The number of carbonyl (C=O) groups is 1. The van der Waals surface area contributed by atoms with Crippen LogP contribution in [-0.2, 0) is 0 Å². The lowest BCUT2D eigenvalue weighted by Crippen LogP contribution is -2.42. The number of nitriles is 1. The monoisotopic (exact) mass is 347 g/mol. The van der Waals surface area contributed by atoms with Gasteiger partial charge < -0.3 is 15.7 Å². The lowest BCUT2D eigenvalue weighted by atomic mass is 10.0. The summed E-state index contributed by atoms with van der Waals surface area (Å²) in [7, 11) is 0. The maximum absolute atomic E-state index is 13.9. The second kappa shape index (κ2) is 7.07. The zero-order valence-corrected chi connectivity index (χ0v) is 14.7. The summed E-state index contributed by atoms with van der Waals surface area (Å²) in [5.41, 5.74) is 0.215. The molecular formula is C17H22FN5O2. The third kappa shape index (κ3) is 4.25. The zero-order chi connectivity index (χ0) is 18.8. The summed E-state index contributed by atoms with van der Waals surface area (Å²) in [5, 5.41) is 28.5. The van der Waals surface area contributed by atoms with E-state index in [1.54, 1.807) is 12.3 Å². The minimum Gasteiger partial charge on any atom is -0.387 e. The van der Waals surface area contributed by atoms with Crippen molar-refractivity contribution in [3.05, 3.63) is 29.6 Å². The maximum atomic E-state index is 13.9. The van der Waals surface area contributed by atoms with Gasteiger partial charge in [0.15, 0.2) is 0 Å². The molecule has 8 heteroatoms. The zero-order valence-electron chi connectivity index (χ0n) is 14.7. The Bertz CT molecular complexity index is 817. The van der Waals surface area contributed by atoms with Crippen LogP contribution in [0.4, 0.5) is 10.1 Å². The summed E-state index contributed by atoms with van der Waals surface area (Å²) in [6.07, 6.45) is 1.33. The normalized spacial score (nSPS) is 12.9. The van der Waals surface area contributed by atoms with Crippen molar-refractivity contribution in [3.8, 4) is 6.07 Å². The summed E-state index contributed by atoms with van der Waals surface area (Å²) in [4.78, 5) is 12.5. The predicted octanol–water partition coefficient (Wildman–Crippen LogP) is 1.87. The number of carbonyl (C=O) groups excluding carboxylic acids is 1. The Balaban J connectivity index is 2.36. The van der Waals surface area contributed by atoms with Crippen molar-refractivity contribution in [1.29, 1.82) is 5.26 Å². The molecule has 134 valence electrons. The number of anilines is 1. The van der Waals surface area contributed by atoms with Gasteiger partial charge in [-0.3, -0.25) is 4.79 Å². The lowest BCUT2D eigenvalue weighted by Gasteiger charge is -2.23. The SMILES string of the molecule is CC(C)Nc1c(C(=O)NC[C@@H](F)C(C)(C)O)cnn2cc(C#N)cc12. The van der Waals surface area contributed by atoms with Gasteiger partial charge in [-0.25, -0.2) is 8.91 Å². The number of nitrogens with one attached hydrogen (secondary N) is 2. The molecule has 25 heavy (non-hydrogen) atoms. The predicted molar refractivity (Wildman–Crippen MR) is 92.2 cm³/mol. The number of nitrogens with zero attached hydrogens (tertiary/aromatic N) is 3. The number of alkyl halides is 1. The quantitative estimate of drug-likeness (QED) is 0.740. The molecule has 2 heterocycles. The number of hydrogen-bond acceptors (Lipinski definition) is 5. The highest BCUT2D eigenvalue weighted by atomic mass is 19.1.